The highest BCUT2D eigenvalue weighted by molar-refractivity contribution is 5.93. The van der Waals surface area contributed by atoms with E-state index in [0.717, 1.165) is 17.0 Å². The van der Waals surface area contributed by atoms with Crippen LogP contribution in [-0.2, 0) is 16.1 Å². The molecule has 0 saturated carbocycles. The van der Waals surface area contributed by atoms with E-state index < -0.39 is 18.0 Å². The molecule has 1 aromatic carbocycles. The number of benzene rings is 1. The Hall–Kier alpha value is -2.87. The van der Waals surface area contributed by atoms with E-state index in [1.54, 1.807) is 6.07 Å². The van der Waals surface area contributed by atoms with Crippen molar-refractivity contribution in [2.24, 2.45) is 5.73 Å². The zero-order chi connectivity index (χ0) is 19.1. The first-order valence-electron chi connectivity index (χ1n) is 8.35. The largest absolute Gasteiger partial charge is 0.385 e. The Balaban J connectivity index is 1.99. The van der Waals surface area contributed by atoms with Crippen LogP contribution in [0.15, 0.2) is 30.3 Å². The number of anilines is 1. The molecule has 1 heterocycles. The summed E-state index contributed by atoms with van der Waals surface area (Å²) in [6.45, 7) is 4.88. The Bertz CT molecular complexity index is 772. The van der Waals surface area contributed by atoms with Crippen LogP contribution in [0.3, 0.4) is 0 Å². The van der Waals surface area contributed by atoms with E-state index in [0.29, 0.717) is 25.3 Å². The number of nitrogens with two attached hydrogens (primary N) is 1. The summed E-state index contributed by atoms with van der Waals surface area (Å²) in [4.78, 5) is 23.5. The summed E-state index contributed by atoms with van der Waals surface area (Å²) in [6.07, 6.45) is 0.317. The number of nitrogens with one attached hydrogen (secondary N) is 2. The van der Waals surface area contributed by atoms with Gasteiger partial charge in [0.25, 0.3) is 0 Å². The molecule has 4 N–H and O–H groups in total. The molecule has 0 fully saturated rings. The maximum absolute atomic E-state index is 12.1. The first kappa shape index (κ1) is 19.5. The maximum Gasteiger partial charge on any atom is 0.319 e. The Morgan fingerprint density at radius 1 is 1.31 bits per heavy atom. The number of primary amides is 1. The van der Waals surface area contributed by atoms with Crippen molar-refractivity contribution in [1.29, 1.82) is 0 Å². The van der Waals surface area contributed by atoms with Crippen LogP contribution in [0.5, 0.6) is 0 Å². The van der Waals surface area contributed by atoms with Crippen LogP contribution >= 0.6 is 0 Å². The van der Waals surface area contributed by atoms with Gasteiger partial charge in [-0.3, -0.25) is 9.48 Å². The number of nitrogens with zero attached hydrogens (tertiary/aromatic N) is 2. The van der Waals surface area contributed by atoms with E-state index in [1.807, 2.05) is 42.8 Å². The number of carbonyl (C=O) groups excluding carboxylic acids is 2. The molecule has 0 unspecified atom stereocenters. The predicted molar refractivity (Wildman–Crippen MR) is 98.9 cm³/mol. The van der Waals surface area contributed by atoms with E-state index in [4.69, 9.17) is 10.5 Å². The smallest absolute Gasteiger partial charge is 0.319 e. The molecular weight excluding hydrogens is 334 g/mol. The summed E-state index contributed by atoms with van der Waals surface area (Å²) in [6, 6.07) is 8.20. The molecule has 0 saturated heterocycles. The van der Waals surface area contributed by atoms with Gasteiger partial charge in [0.1, 0.15) is 6.04 Å². The van der Waals surface area contributed by atoms with Crippen LogP contribution in [0.4, 0.5) is 10.5 Å². The van der Waals surface area contributed by atoms with Crippen molar-refractivity contribution in [1.82, 2.24) is 15.1 Å². The highest BCUT2D eigenvalue weighted by atomic mass is 16.5. The van der Waals surface area contributed by atoms with Gasteiger partial charge in [0, 0.05) is 25.1 Å². The zero-order valence-electron chi connectivity index (χ0n) is 15.3. The first-order valence-corrected chi connectivity index (χ1v) is 8.35. The number of hydrogen-bond acceptors (Lipinski definition) is 4. The fourth-order valence-electron chi connectivity index (χ4n) is 2.60. The lowest BCUT2D eigenvalue weighted by Gasteiger charge is -2.16. The lowest BCUT2D eigenvalue weighted by molar-refractivity contribution is -0.120. The highest BCUT2D eigenvalue weighted by Crippen LogP contribution is 2.13. The van der Waals surface area contributed by atoms with Gasteiger partial charge in [0.05, 0.1) is 12.2 Å². The minimum absolute atomic E-state index is 0.317. The lowest BCUT2D eigenvalue weighted by Crippen LogP contribution is -2.46. The number of aromatic nitrogens is 2. The summed E-state index contributed by atoms with van der Waals surface area (Å²) in [5.41, 5.74) is 8.95. The van der Waals surface area contributed by atoms with Crippen LogP contribution in [0, 0.1) is 13.8 Å². The van der Waals surface area contributed by atoms with Crippen LogP contribution in [0.25, 0.3) is 0 Å². The third-order valence-corrected chi connectivity index (χ3v) is 3.88. The third kappa shape index (κ3) is 5.59. The first-order chi connectivity index (χ1) is 12.4. The summed E-state index contributed by atoms with van der Waals surface area (Å²) in [7, 11) is 1.52. The molecule has 0 spiro atoms. The Morgan fingerprint density at radius 3 is 2.69 bits per heavy atom. The fourth-order valence-corrected chi connectivity index (χ4v) is 2.60. The molecule has 0 aliphatic carbocycles. The van der Waals surface area contributed by atoms with Crippen LogP contribution in [-0.4, -0.2) is 41.5 Å². The van der Waals surface area contributed by atoms with Gasteiger partial charge in [0.15, 0.2) is 0 Å². The van der Waals surface area contributed by atoms with Crippen LogP contribution in [0.1, 0.15) is 23.4 Å². The number of urea groups is 1. The SMILES string of the molecule is COCC[C@H](NC(=O)Nc1cccc(Cn2nc(C)cc2C)c1)C(N)=O. The van der Waals surface area contributed by atoms with Crippen LogP contribution < -0.4 is 16.4 Å². The van der Waals surface area contributed by atoms with E-state index in [-0.39, 0.29) is 0 Å². The topological polar surface area (TPSA) is 111 Å². The van der Waals surface area contributed by atoms with Gasteiger partial charge in [-0.25, -0.2) is 4.79 Å². The molecule has 140 valence electrons. The molecule has 2 rings (SSSR count). The summed E-state index contributed by atoms with van der Waals surface area (Å²) >= 11 is 0. The van der Waals surface area contributed by atoms with Gasteiger partial charge in [-0.15, -0.1) is 0 Å². The van der Waals surface area contributed by atoms with Crippen molar-refractivity contribution < 1.29 is 14.3 Å². The van der Waals surface area contributed by atoms with Crippen molar-refractivity contribution >= 4 is 17.6 Å². The molecule has 26 heavy (non-hydrogen) atoms. The minimum Gasteiger partial charge on any atom is -0.385 e. The van der Waals surface area contributed by atoms with Gasteiger partial charge in [-0.1, -0.05) is 12.1 Å². The number of ether oxygens (including phenoxy) is 1. The predicted octanol–water partition coefficient (Wildman–Crippen LogP) is 1.56. The van der Waals surface area contributed by atoms with Crippen molar-refractivity contribution in [3.8, 4) is 0 Å². The maximum atomic E-state index is 12.1. The van der Waals surface area contributed by atoms with Crippen molar-refractivity contribution in [2.75, 3.05) is 19.0 Å². The fraction of sp³-hybridized carbons (Fsp3) is 0.389. The molecule has 2 aromatic rings. The molecule has 3 amide bonds. The van der Waals surface area contributed by atoms with Crippen molar-refractivity contribution in [3.63, 3.8) is 0 Å². The van der Waals surface area contributed by atoms with E-state index in [9.17, 15) is 9.59 Å². The Morgan fingerprint density at radius 2 is 2.08 bits per heavy atom. The number of methoxy groups -OCH3 is 1. The number of hydrogen-bond donors (Lipinski definition) is 3. The standard InChI is InChI=1S/C18H25N5O3/c1-12-9-13(2)23(22-12)11-14-5-4-6-15(10-14)20-18(25)21-16(17(19)24)7-8-26-3/h4-6,9-10,16H,7-8,11H2,1-3H3,(H2,19,24)(H2,20,21,25)/t16-/m0/s1. The number of carbonyl (C=O) groups is 2. The Kier molecular flexibility index (Phi) is 6.74. The molecule has 0 aliphatic heterocycles. The third-order valence-electron chi connectivity index (χ3n) is 3.88. The quantitative estimate of drug-likeness (QED) is 0.664. The van der Waals surface area contributed by atoms with Gasteiger partial charge in [-0.2, -0.15) is 5.10 Å². The molecule has 0 bridgehead atoms. The van der Waals surface area contributed by atoms with Crippen LogP contribution in [0.2, 0.25) is 0 Å². The number of rotatable bonds is 8. The summed E-state index contributed by atoms with van der Waals surface area (Å²) in [5.74, 6) is -0.601. The normalized spacial score (nSPS) is 11.8. The Labute approximate surface area is 152 Å². The monoisotopic (exact) mass is 359 g/mol. The van der Waals surface area contributed by atoms with E-state index in [1.165, 1.54) is 7.11 Å². The van der Waals surface area contributed by atoms with E-state index in [2.05, 4.69) is 15.7 Å². The second-order valence-corrected chi connectivity index (χ2v) is 6.12. The molecule has 8 nitrogen and oxygen atoms in total. The van der Waals surface area contributed by atoms with Crippen molar-refractivity contribution in [2.45, 2.75) is 32.9 Å². The highest BCUT2D eigenvalue weighted by Gasteiger charge is 2.17. The molecular formula is C18H25N5O3. The van der Waals surface area contributed by atoms with Gasteiger partial charge >= 0.3 is 6.03 Å². The minimum atomic E-state index is -0.784. The van der Waals surface area contributed by atoms with Crippen molar-refractivity contribution in [3.05, 3.63) is 47.3 Å². The van der Waals surface area contributed by atoms with Gasteiger partial charge in [0.2, 0.25) is 5.91 Å². The average molecular weight is 359 g/mol. The number of amides is 3. The molecule has 0 radical (unpaired) electrons. The molecule has 1 atom stereocenters. The van der Waals surface area contributed by atoms with E-state index >= 15 is 0 Å². The average Bonchev–Trinajstić information content (AvgIpc) is 2.88. The molecule has 8 heteroatoms. The van der Waals surface area contributed by atoms with Gasteiger partial charge in [-0.05, 0) is 44.0 Å². The van der Waals surface area contributed by atoms with Gasteiger partial charge < -0.3 is 21.1 Å². The second-order valence-electron chi connectivity index (χ2n) is 6.12. The molecule has 1 aromatic heterocycles. The summed E-state index contributed by atoms with van der Waals surface area (Å²) < 4.78 is 6.82. The molecule has 0 aliphatic rings. The lowest BCUT2D eigenvalue weighted by atomic mass is 10.2. The number of aryl methyl sites for hydroxylation is 2. The second kappa shape index (κ2) is 9.00. The zero-order valence-corrected chi connectivity index (χ0v) is 15.3. The summed E-state index contributed by atoms with van der Waals surface area (Å²) in [5, 5.41) is 9.72.